The van der Waals surface area contributed by atoms with E-state index in [4.69, 9.17) is 9.84 Å². The van der Waals surface area contributed by atoms with Crippen molar-refractivity contribution in [2.45, 2.75) is 45.6 Å². The van der Waals surface area contributed by atoms with Crippen LogP contribution in [0.4, 0.5) is 0 Å². The number of rotatable bonds is 8. The van der Waals surface area contributed by atoms with Crippen LogP contribution in [0.5, 0.6) is 5.75 Å². The summed E-state index contributed by atoms with van der Waals surface area (Å²) in [6.45, 7) is 6.49. The third kappa shape index (κ3) is 3.97. The Morgan fingerprint density at radius 2 is 2.20 bits per heavy atom. The molecule has 112 valence electrons. The number of aliphatic hydroxyl groups excluding tert-OH is 1. The van der Waals surface area contributed by atoms with Crippen LogP contribution in [0.2, 0.25) is 0 Å². The topological polar surface area (TPSA) is 41.5 Å². The lowest BCUT2D eigenvalue weighted by atomic mass is 9.98. The molecule has 1 aromatic rings. The van der Waals surface area contributed by atoms with E-state index in [1.54, 1.807) is 0 Å². The van der Waals surface area contributed by atoms with Gasteiger partial charge in [-0.25, -0.2) is 0 Å². The Morgan fingerprint density at radius 3 is 2.95 bits per heavy atom. The van der Waals surface area contributed by atoms with E-state index < -0.39 is 0 Å². The van der Waals surface area contributed by atoms with Gasteiger partial charge in [-0.1, -0.05) is 25.5 Å². The zero-order valence-electron chi connectivity index (χ0n) is 12.7. The summed E-state index contributed by atoms with van der Waals surface area (Å²) in [5.74, 6) is 1.62. The molecule has 0 fully saturated rings. The van der Waals surface area contributed by atoms with Gasteiger partial charge in [-0.2, -0.15) is 0 Å². The largest absolute Gasteiger partial charge is 0.493 e. The monoisotopic (exact) mass is 277 g/mol. The third-order valence-corrected chi connectivity index (χ3v) is 4.16. The molecule has 20 heavy (non-hydrogen) atoms. The molecule has 0 aromatic heterocycles. The second kappa shape index (κ2) is 7.65. The van der Waals surface area contributed by atoms with Gasteiger partial charge in [0, 0.05) is 19.1 Å². The molecule has 1 aromatic carbocycles. The maximum absolute atomic E-state index is 9.11. The van der Waals surface area contributed by atoms with Crippen LogP contribution in [0.1, 0.15) is 50.3 Å². The predicted octanol–water partition coefficient (Wildman–Crippen LogP) is 3.07. The lowest BCUT2D eigenvalue weighted by Gasteiger charge is -2.20. The second-order valence-electron chi connectivity index (χ2n) is 5.76. The normalized spacial score (nSPS) is 16.6. The Labute approximate surface area is 122 Å². The smallest absolute Gasteiger partial charge is 0.122 e. The highest BCUT2D eigenvalue weighted by Crippen LogP contribution is 2.28. The summed E-state index contributed by atoms with van der Waals surface area (Å²) in [5.41, 5.74) is 2.66. The molecule has 0 radical (unpaired) electrons. The van der Waals surface area contributed by atoms with E-state index in [1.165, 1.54) is 24.0 Å². The van der Waals surface area contributed by atoms with E-state index in [1.807, 2.05) is 0 Å². The fraction of sp³-hybridized carbons (Fsp3) is 0.647. The summed E-state index contributed by atoms with van der Waals surface area (Å²) in [4.78, 5) is 0. The summed E-state index contributed by atoms with van der Waals surface area (Å²) in [6.07, 6.45) is 4.28. The van der Waals surface area contributed by atoms with Gasteiger partial charge in [0.2, 0.25) is 0 Å². The predicted molar refractivity (Wildman–Crippen MR) is 82.2 cm³/mol. The van der Waals surface area contributed by atoms with Gasteiger partial charge < -0.3 is 15.2 Å². The first kappa shape index (κ1) is 15.3. The van der Waals surface area contributed by atoms with E-state index in [-0.39, 0.29) is 6.61 Å². The SMILES string of the molecule is CCCC(CCO)CNC(C)c1ccc2c(c1)CCO2. The van der Waals surface area contributed by atoms with Gasteiger partial charge in [0.15, 0.2) is 0 Å². The Morgan fingerprint density at radius 1 is 1.35 bits per heavy atom. The minimum absolute atomic E-state index is 0.289. The van der Waals surface area contributed by atoms with Crippen LogP contribution in [-0.2, 0) is 6.42 Å². The quantitative estimate of drug-likeness (QED) is 0.767. The van der Waals surface area contributed by atoms with E-state index in [0.29, 0.717) is 12.0 Å². The maximum Gasteiger partial charge on any atom is 0.122 e. The molecule has 3 heteroatoms. The fourth-order valence-corrected chi connectivity index (χ4v) is 2.88. The highest BCUT2D eigenvalue weighted by molar-refractivity contribution is 5.40. The van der Waals surface area contributed by atoms with Crippen LogP contribution in [0.3, 0.4) is 0 Å². The molecule has 0 aliphatic carbocycles. The van der Waals surface area contributed by atoms with Gasteiger partial charge in [-0.05, 0) is 49.4 Å². The first-order valence-corrected chi connectivity index (χ1v) is 7.84. The van der Waals surface area contributed by atoms with Gasteiger partial charge in [-0.3, -0.25) is 0 Å². The molecule has 2 unspecified atom stereocenters. The van der Waals surface area contributed by atoms with E-state index >= 15 is 0 Å². The Hall–Kier alpha value is -1.06. The van der Waals surface area contributed by atoms with Crippen molar-refractivity contribution < 1.29 is 9.84 Å². The van der Waals surface area contributed by atoms with Crippen LogP contribution in [0.25, 0.3) is 0 Å². The van der Waals surface area contributed by atoms with E-state index in [9.17, 15) is 0 Å². The van der Waals surface area contributed by atoms with Crippen LogP contribution < -0.4 is 10.1 Å². The fourth-order valence-electron chi connectivity index (χ4n) is 2.88. The van der Waals surface area contributed by atoms with E-state index in [2.05, 4.69) is 37.4 Å². The zero-order valence-corrected chi connectivity index (χ0v) is 12.7. The van der Waals surface area contributed by atoms with Crippen molar-refractivity contribution in [2.75, 3.05) is 19.8 Å². The number of hydrogen-bond donors (Lipinski definition) is 2. The number of benzene rings is 1. The average molecular weight is 277 g/mol. The molecule has 0 saturated carbocycles. The van der Waals surface area contributed by atoms with Gasteiger partial charge in [0.25, 0.3) is 0 Å². The van der Waals surface area contributed by atoms with Gasteiger partial charge in [-0.15, -0.1) is 0 Å². The molecule has 2 atom stereocenters. The number of nitrogens with one attached hydrogen (secondary N) is 1. The molecule has 3 nitrogen and oxygen atoms in total. The Bertz CT molecular complexity index is 413. The lowest BCUT2D eigenvalue weighted by Crippen LogP contribution is -2.26. The molecule has 1 aliphatic rings. The zero-order chi connectivity index (χ0) is 14.4. The van der Waals surface area contributed by atoms with Crippen LogP contribution in [0, 0.1) is 5.92 Å². The molecule has 1 heterocycles. The van der Waals surface area contributed by atoms with Gasteiger partial charge in [0.1, 0.15) is 5.75 Å². The molecular formula is C17H27NO2. The van der Waals surface area contributed by atoms with Crippen molar-refractivity contribution in [3.8, 4) is 5.75 Å². The van der Waals surface area contributed by atoms with Crippen molar-refractivity contribution in [1.82, 2.24) is 5.32 Å². The highest BCUT2D eigenvalue weighted by Gasteiger charge is 2.15. The van der Waals surface area contributed by atoms with Crippen LogP contribution in [0.15, 0.2) is 18.2 Å². The summed E-state index contributed by atoms with van der Waals surface area (Å²) < 4.78 is 5.55. The summed E-state index contributed by atoms with van der Waals surface area (Å²) >= 11 is 0. The first-order chi connectivity index (χ1) is 9.74. The molecule has 0 saturated heterocycles. The van der Waals surface area contributed by atoms with Crippen molar-refractivity contribution in [2.24, 2.45) is 5.92 Å². The van der Waals surface area contributed by atoms with Crippen molar-refractivity contribution >= 4 is 0 Å². The van der Waals surface area contributed by atoms with Crippen LogP contribution >= 0.6 is 0 Å². The molecule has 2 rings (SSSR count). The molecule has 0 bridgehead atoms. The minimum Gasteiger partial charge on any atom is -0.493 e. The molecule has 2 N–H and O–H groups in total. The molecule has 0 amide bonds. The van der Waals surface area contributed by atoms with Crippen molar-refractivity contribution in [3.05, 3.63) is 29.3 Å². The third-order valence-electron chi connectivity index (χ3n) is 4.16. The van der Waals surface area contributed by atoms with Crippen molar-refractivity contribution in [1.29, 1.82) is 0 Å². The molecule has 1 aliphatic heterocycles. The minimum atomic E-state index is 0.289. The van der Waals surface area contributed by atoms with Gasteiger partial charge >= 0.3 is 0 Å². The van der Waals surface area contributed by atoms with Crippen molar-refractivity contribution in [3.63, 3.8) is 0 Å². The Balaban J connectivity index is 1.89. The number of hydrogen-bond acceptors (Lipinski definition) is 3. The standard InChI is InChI=1S/C17H27NO2/c1-3-4-14(7-9-19)12-18-13(2)15-5-6-17-16(11-15)8-10-20-17/h5-6,11,13-14,18-19H,3-4,7-10,12H2,1-2H3. The van der Waals surface area contributed by atoms with Crippen LogP contribution in [-0.4, -0.2) is 24.9 Å². The molecule has 0 spiro atoms. The number of fused-ring (bicyclic) bond motifs is 1. The summed E-state index contributed by atoms with van der Waals surface area (Å²) in [7, 11) is 0. The Kier molecular flexibility index (Phi) is 5.86. The van der Waals surface area contributed by atoms with E-state index in [0.717, 1.165) is 31.7 Å². The second-order valence-corrected chi connectivity index (χ2v) is 5.76. The molecular weight excluding hydrogens is 250 g/mol. The highest BCUT2D eigenvalue weighted by atomic mass is 16.5. The summed E-state index contributed by atoms with van der Waals surface area (Å²) in [5, 5.41) is 12.7. The average Bonchev–Trinajstić information content (AvgIpc) is 2.92. The number of aliphatic hydroxyl groups is 1. The maximum atomic E-state index is 9.11. The first-order valence-electron chi connectivity index (χ1n) is 7.84. The number of ether oxygens (including phenoxy) is 1. The lowest BCUT2D eigenvalue weighted by molar-refractivity contribution is 0.246. The summed E-state index contributed by atoms with van der Waals surface area (Å²) in [6, 6.07) is 6.86. The van der Waals surface area contributed by atoms with Gasteiger partial charge in [0.05, 0.1) is 6.61 Å².